The van der Waals surface area contributed by atoms with Crippen LogP contribution < -0.4 is 9.58 Å². The highest BCUT2D eigenvalue weighted by molar-refractivity contribution is 5.97. The van der Waals surface area contributed by atoms with Crippen molar-refractivity contribution in [2.24, 2.45) is 0 Å². The lowest BCUT2D eigenvalue weighted by atomic mass is 10.0. The summed E-state index contributed by atoms with van der Waals surface area (Å²) in [6.07, 6.45) is 7.57. The normalized spacial score (nSPS) is 11.3. The number of para-hydroxylation sites is 2. The molecule has 7 nitrogen and oxygen atoms in total. The molecule has 0 saturated heterocycles. The largest absolute Gasteiger partial charge is 0.691 e. The van der Waals surface area contributed by atoms with E-state index in [9.17, 15) is 10.0 Å². The van der Waals surface area contributed by atoms with E-state index in [1.54, 1.807) is 37.5 Å². The van der Waals surface area contributed by atoms with Gasteiger partial charge >= 0.3 is 5.91 Å². The number of ether oxygens (including phenoxy) is 2. The van der Waals surface area contributed by atoms with E-state index in [2.05, 4.69) is 5.21 Å². The second kappa shape index (κ2) is 11.9. The lowest BCUT2D eigenvalue weighted by molar-refractivity contribution is -0.645. The Morgan fingerprint density at radius 3 is 2.29 bits per heavy atom. The maximum absolute atomic E-state index is 12.6. The van der Waals surface area contributed by atoms with Crippen molar-refractivity contribution >= 4 is 23.0 Å². The fourth-order valence-corrected chi connectivity index (χ4v) is 3.81. The van der Waals surface area contributed by atoms with Gasteiger partial charge in [0.1, 0.15) is 11.0 Å². The molecular weight excluding hydrogens is 442 g/mol. The number of hydrogen-bond donors (Lipinski definition) is 0. The summed E-state index contributed by atoms with van der Waals surface area (Å²) in [6, 6.07) is 22.8. The zero-order chi connectivity index (χ0) is 24.5. The maximum Gasteiger partial charge on any atom is 0.359 e. The highest BCUT2D eigenvalue weighted by atomic mass is 16.5. The molecule has 35 heavy (non-hydrogen) atoms. The van der Waals surface area contributed by atoms with Crippen molar-refractivity contribution in [1.82, 2.24) is 9.90 Å². The molecule has 0 aliphatic carbocycles. The van der Waals surface area contributed by atoms with Gasteiger partial charge < -0.3 is 14.7 Å². The monoisotopic (exact) mass is 471 g/mol. The summed E-state index contributed by atoms with van der Waals surface area (Å²) in [6.45, 7) is 1.54. The fraction of sp³-hybridized carbons (Fsp3) is 0.250. The predicted octanol–water partition coefficient (Wildman–Crippen LogP) is 5.28. The smallest absolute Gasteiger partial charge is 0.359 e. The number of aromatic nitrogens is 3. The number of carbonyl (C=O) groups excluding carboxylic acids is 1. The minimum Gasteiger partial charge on any atom is -0.691 e. The van der Waals surface area contributed by atoms with Crippen LogP contribution in [0.15, 0.2) is 78.9 Å². The van der Waals surface area contributed by atoms with Crippen molar-refractivity contribution in [1.29, 1.82) is 0 Å². The first kappa shape index (κ1) is 24.2. The number of carbonyl (C=O) groups is 1. The molecular formula is C28H29N3O4. The molecule has 180 valence electrons. The third-order valence-electron chi connectivity index (χ3n) is 5.72. The fourth-order valence-electron chi connectivity index (χ4n) is 3.81. The molecule has 0 fully saturated rings. The highest BCUT2D eigenvalue weighted by Gasteiger charge is 2.18. The summed E-state index contributed by atoms with van der Waals surface area (Å²) in [5.74, 6) is 0.486. The van der Waals surface area contributed by atoms with Crippen LogP contribution in [0.5, 0.6) is 5.75 Å². The Balaban J connectivity index is 1.31. The third kappa shape index (κ3) is 6.33. The topological polar surface area (TPSA) is 80.3 Å². The molecule has 0 bridgehead atoms. The van der Waals surface area contributed by atoms with E-state index < -0.39 is 0 Å². The second-order valence-corrected chi connectivity index (χ2v) is 8.24. The van der Waals surface area contributed by atoms with Crippen molar-refractivity contribution < 1.29 is 19.1 Å². The molecule has 4 aromatic rings. The van der Waals surface area contributed by atoms with Crippen LogP contribution >= 0.6 is 0 Å². The number of nitrogens with zero attached hydrogens (tertiary/aromatic N) is 3. The van der Waals surface area contributed by atoms with E-state index in [0.29, 0.717) is 15.9 Å². The van der Waals surface area contributed by atoms with E-state index in [1.807, 2.05) is 48.5 Å². The second-order valence-electron chi connectivity index (χ2n) is 8.24. The van der Waals surface area contributed by atoms with Crippen LogP contribution in [0.2, 0.25) is 0 Å². The Morgan fingerprint density at radius 1 is 0.914 bits per heavy atom. The van der Waals surface area contributed by atoms with E-state index in [-0.39, 0.29) is 5.91 Å². The van der Waals surface area contributed by atoms with E-state index >= 15 is 0 Å². The average molecular weight is 472 g/mol. The molecule has 0 aliphatic rings. The molecule has 0 amide bonds. The van der Waals surface area contributed by atoms with Crippen molar-refractivity contribution in [2.75, 3.05) is 20.3 Å². The van der Waals surface area contributed by atoms with Gasteiger partial charge in [0.05, 0.1) is 6.61 Å². The maximum atomic E-state index is 12.6. The molecule has 1 heterocycles. The van der Waals surface area contributed by atoms with Gasteiger partial charge in [0.2, 0.25) is 11.0 Å². The van der Waals surface area contributed by atoms with Gasteiger partial charge in [-0.25, -0.2) is 4.79 Å². The van der Waals surface area contributed by atoms with Crippen LogP contribution in [0.3, 0.4) is 0 Å². The highest BCUT2D eigenvalue weighted by Crippen LogP contribution is 2.23. The van der Waals surface area contributed by atoms with Gasteiger partial charge in [-0.05, 0) is 66.3 Å². The van der Waals surface area contributed by atoms with Crippen LogP contribution in [-0.2, 0) is 4.74 Å². The number of rotatable bonds is 11. The average Bonchev–Trinajstić information content (AvgIpc) is 3.24. The minimum absolute atomic E-state index is 0.355. The number of methoxy groups -OCH3 is 1. The van der Waals surface area contributed by atoms with Crippen LogP contribution in [0, 0.1) is 5.21 Å². The molecule has 0 spiro atoms. The van der Waals surface area contributed by atoms with Crippen LogP contribution in [0.25, 0.3) is 28.2 Å². The first-order chi connectivity index (χ1) is 17.2. The zero-order valence-electron chi connectivity index (χ0n) is 19.8. The first-order valence-corrected chi connectivity index (χ1v) is 11.8. The van der Waals surface area contributed by atoms with Crippen molar-refractivity contribution in [3.8, 4) is 16.9 Å². The van der Waals surface area contributed by atoms with Crippen molar-refractivity contribution in [2.45, 2.75) is 25.7 Å². The van der Waals surface area contributed by atoms with E-state index in [4.69, 9.17) is 9.47 Å². The molecule has 0 atom stereocenters. The molecule has 0 unspecified atom stereocenters. The van der Waals surface area contributed by atoms with Gasteiger partial charge in [-0.1, -0.05) is 59.6 Å². The Bertz CT molecular complexity index is 1280. The molecule has 1 aromatic heterocycles. The lowest BCUT2D eigenvalue weighted by Gasteiger charge is -2.08. The molecule has 0 aliphatic heterocycles. The molecule has 0 saturated carbocycles. The number of hydrogen-bond acceptors (Lipinski definition) is 5. The SMILES string of the molecule is COCCCCCCOc1ccc(-c2ccc(C=CC(=O)n3n[n+]([O-])c4ccccc43)cc2)cc1. The quantitative estimate of drug-likeness (QED) is 0.129. The van der Waals surface area contributed by atoms with Crippen molar-refractivity contribution in [3.05, 3.63) is 89.6 Å². The number of allylic oxidation sites excluding steroid dienone is 1. The number of benzene rings is 3. The molecule has 0 radical (unpaired) electrons. The van der Waals surface area contributed by atoms with Gasteiger partial charge in [0.15, 0.2) is 0 Å². The van der Waals surface area contributed by atoms with Gasteiger partial charge in [-0.15, -0.1) is 4.85 Å². The van der Waals surface area contributed by atoms with Gasteiger partial charge in [0, 0.05) is 19.8 Å². The van der Waals surface area contributed by atoms with Gasteiger partial charge in [-0.2, -0.15) is 0 Å². The Labute approximate surface area is 204 Å². The van der Waals surface area contributed by atoms with Crippen molar-refractivity contribution in [3.63, 3.8) is 0 Å². The zero-order valence-corrected chi connectivity index (χ0v) is 19.8. The summed E-state index contributed by atoms with van der Waals surface area (Å²) in [4.78, 5) is 13.0. The molecule has 7 heteroatoms. The Hall–Kier alpha value is -3.97. The molecule has 3 aromatic carbocycles. The summed E-state index contributed by atoms with van der Waals surface area (Å²) < 4.78 is 12.0. The molecule has 4 rings (SSSR count). The Morgan fingerprint density at radius 2 is 1.57 bits per heavy atom. The predicted molar refractivity (Wildman–Crippen MR) is 136 cm³/mol. The standard InChI is InChI=1S/C28H29N3O4/c1-34-20-6-2-3-7-21-35-25-17-15-24(16-18-25)23-13-10-22(11-14-23)12-19-28(32)30-26-8-4-5-9-27(26)31(33)29-30/h4-5,8-19H,2-3,6-7,20-21H2,1H3. The van der Waals surface area contributed by atoms with Gasteiger partial charge in [-0.3, -0.25) is 0 Å². The van der Waals surface area contributed by atoms with Crippen LogP contribution in [0.4, 0.5) is 0 Å². The first-order valence-electron chi connectivity index (χ1n) is 11.8. The Kier molecular flexibility index (Phi) is 8.25. The minimum atomic E-state index is -0.384. The summed E-state index contributed by atoms with van der Waals surface area (Å²) in [7, 11) is 1.73. The van der Waals surface area contributed by atoms with Gasteiger partial charge in [0.25, 0.3) is 0 Å². The summed E-state index contributed by atoms with van der Waals surface area (Å²) >= 11 is 0. The summed E-state index contributed by atoms with van der Waals surface area (Å²) in [5, 5.41) is 15.6. The summed E-state index contributed by atoms with van der Waals surface area (Å²) in [5.41, 5.74) is 3.86. The molecule has 0 N–H and O–H groups in total. The van der Waals surface area contributed by atoms with E-state index in [1.165, 1.54) is 6.08 Å². The lowest BCUT2D eigenvalue weighted by Crippen LogP contribution is -2.30. The number of fused-ring (bicyclic) bond motifs is 1. The third-order valence-corrected chi connectivity index (χ3v) is 5.72. The van der Waals surface area contributed by atoms with E-state index in [0.717, 1.165) is 66.0 Å². The van der Waals surface area contributed by atoms with Crippen LogP contribution in [0.1, 0.15) is 36.0 Å². The van der Waals surface area contributed by atoms with Crippen LogP contribution in [-0.4, -0.2) is 36.1 Å². The number of unbranched alkanes of at least 4 members (excludes halogenated alkanes) is 3.